The quantitative estimate of drug-likeness (QED) is 0.0248. The molecule has 0 fully saturated rings. The minimum Gasteiger partial charge on any atom is -0.496 e. The van der Waals surface area contributed by atoms with E-state index in [4.69, 9.17) is 39.9 Å². The molecule has 0 bridgehead atoms. The van der Waals surface area contributed by atoms with Crippen LogP contribution in [0.2, 0.25) is 0 Å². The summed E-state index contributed by atoms with van der Waals surface area (Å²) in [6.07, 6.45) is 5.59. The van der Waals surface area contributed by atoms with E-state index in [0.29, 0.717) is 60.5 Å². The molecule has 25 nitrogen and oxygen atoms in total. The van der Waals surface area contributed by atoms with E-state index in [1.165, 1.54) is 28.7 Å². The number of imidazole rings is 1. The third kappa shape index (κ3) is 19.7. The number of carbonyl (C=O) groups excluding carboxylic acids is 6. The van der Waals surface area contributed by atoms with Gasteiger partial charge in [0.1, 0.15) is 24.4 Å². The van der Waals surface area contributed by atoms with Gasteiger partial charge in [0.25, 0.3) is 17.8 Å². The molecule has 5 rings (SSSR count). The van der Waals surface area contributed by atoms with E-state index >= 15 is 0 Å². The second-order valence-electron chi connectivity index (χ2n) is 19.8. The van der Waals surface area contributed by atoms with Crippen molar-refractivity contribution in [3.8, 4) is 17.8 Å². The minimum atomic E-state index is -0.955. The van der Waals surface area contributed by atoms with Gasteiger partial charge in [-0.25, -0.2) is 4.79 Å². The molecule has 6 amide bonds. The van der Waals surface area contributed by atoms with E-state index in [-0.39, 0.29) is 138 Å². The van der Waals surface area contributed by atoms with E-state index in [0.717, 1.165) is 17.7 Å². The molecule has 1 aliphatic heterocycles. The number of nitrogens with zero attached hydrogens (tertiary/aromatic N) is 6. The normalized spacial score (nSPS) is 13.8. The SMILES string of the molecule is CCCCOc1nc(N)c2nc(O)n(Cc3ccc(CN(C(=O)OCc4ccc(NC(=O)[C@H](CCCCN)NC(=O)[C@@H](NC(=O)CCOCCOCCOCCN5C(=O)C=CC5=O)C(C)C)cc4)[C@H](CO)[C@@H](C)CC)cc3OC)c2n1. The summed E-state index contributed by atoms with van der Waals surface area (Å²) in [7, 11) is 1.51. The number of nitrogens with one attached hydrogen (secondary N) is 3. The van der Waals surface area contributed by atoms with E-state index in [1.807, 2.05) is 26.8 Å². The lowest BCUT2D eigenvalue weighted by atomic mass is 9.98. The largest absolute Gasteiger partial charge is 0.496 e. The molecule has 0 unspecified atom stereocenters. The van der Waals surface area contributed by atoms with Gasteiger partial charge in [-0.15, -0.1) is 0 Å². The summed E-state index contributed by atoms with van der Waals surface area (Å²) in [5.41, 5.74) is 14.8. The second-order valence-corrected chi connectivity index (χ2v) is 19.8. The predicted molar refractivity (Wildman–Crippen MR) is 300 cm³/mol. The predicted octanol–water partition coefficient (Wildman–Crippen LogP) is 3.95. The number of aromatic hydroxyl groups is 1. The topological polar surface area (TPSA) is 336 Å². The Morgan fingerprint density at radius 2 is 1.49 bits per heavy atom. The maximum absolute atomic E-state index is 14.0. The maximum atomic E-state index is 14.0. The van der Waals surface area contributed by atoms with Crippen LogP contribution in [0.1, 0.15) is 96.3 Å². The molecule has 4 atom stereocenters. The van der Waals surface area contributed by atoms with E-state index in [9.17, 15) is 39.0 Å². The average Bonchev–Trinajstić information content (AvgIpc) is 4.14. The number of hydrogen-bond donors (Lipinski definition) is 7. The third-order valence-electron chi connectivity index (χ3n) is 13.5. The fourth-order valence-corrected chi connectivity index (χ4v) is 8.53. The number of imide groups is 1. The fraction of sp³-hybridized carbons (Fsp3) is 0.554. The average molecular weight is 1130 g/mol. The summed E-state index contributed by atoms with van der Waals surface area (Å²) < 4.78 is 35.2. The van der Waals surface area contributed by atoms with Gasteiger partial charge in [0.15, 0.2) is 17.0 Å². The molecule has 444 valence electrons. The van der Waals surface area contributed by atoms with Gasteiger partial charge in [0.05, 0.1) is 79.1 Å². The van der Waals surface area contributed by atoms with Crippen molar-refractivity contribution in [1.29, 1.82) is 0 Å². The zero-order valence-electron chi connectivity index (χ0n) is 47.4. The van der Waals surface area contributed by atoms with Crippen LogP contribution in [0, 0.1) is 11.8 Å². The molecule has 25 heteroatoms. The van der Waals surface area contributed by atoms with Crippen LogP contribution in [0.3, 0.4) is 0 Å². The summed E-state index contributed by atoms with van der Waals surface area (Å²) >= 11 is 0. The molecule has 0 radical (unpaired) electrons. The summed E-state index contributed by atoms with van der Waals surface area (Å²) in [4.78, 5) is 93.0. The molecule has 0 saturated heterocycles. The molecule has 2 aromatic heterocycles. The standard InChI is InChI=1S/C56H81N11O14/c1-7-9-24-80-54-63-50(58)49-51(64-54)67(55(74)62-49)33-40-16-13-39(31-44(40)76-6)32-66(43(34-68)37(5)8-2)56(75)81-35-38-14-17-41(18-15-38)59-52(72)42(12-10-11-22-57)60-53(73)48(36(3)4)61-45(69)21-25-77-27-29-79-30-28-78-26-23-65-46(70)19-20-47(65)71/h13-20,31,36-37,42-43,48,68H,7-12,21-30,32-35,57H2,1-6H3,(H,59,72)(H,60,73)(H,61,69)(H,62,74)(H2,58,63,64)/t37-,42-,43+,48-/m0/s1. The van der Waals surface area contributed by atoms with Crippen molar-refractivity contribution >= 4 is 58.3 Å². The lowest BCUT2D eigenvalue weighted by Crippen LogP contribution is -2.54. The molecular weight excluding hydrogens is 1050 g/mol. The molecule has 0 saturated carbocycles. The van der Waals surface area contributed by atoms with Crippen LogP contribution < -0.4 is 36.9 Å². The van der Waals surface area contributed by atoms with Crippen LogP contribution in [-0.2, 0) is 62.6 Å². The fourth-order valence-electron chi connectivity index (χ4n) is 8.53. The number of ether oxygens (including phenoxy) is 6. The Kier molecular flexibility index (Phi) is 26.5. The van der Waals surface area contributed by atoms with Crippen molar-refractivity contribution in [2.24, 2.45) is 17.6 Å². The number of aromatic nitrogens is 4. The van der Waals surface area contributed by atoms with Gasteiger partial charge >= 0.3 is 12.1 Å². The molecule has 4 aromatic rings. The second kappa shape index (κ2) is 33.3. The number of amides is 6. The Labute approximate surface area is 472 Å². The van der Waals surface area contributed by atoms with Crippen LogP contribution in [0.25, 0.3) is 11.2 Å². The first-order valence-electron chi connectivity index (χ1n) is 27.5. The van der Waals surface area contributed by atoms with Crippen LogP contribution in [-0.4, -0.2) is 166 Å². The van der Waals surface area contributed by atoms with Crippen molar-refractivity contribution in [2.75, 3.05) is 84.1 Å². The first kappa shape index (κ1) is 64.4. The number of rotatable bonds is 37. The minimum absolute atomic E-state index is 0.0198. The van der Waals surface area contributed by atoms with Gasteiger partial charge in [-0.05, 0) is 73.4 Å². The van der Waals surface area contributed by atoms with Crippen LogP contribution >= 0.6 is 0 Å². The Morgan fingerprint density at radius 1 is 0.815 bits per heavy atom. The number of methoxy groups -OCH3 is 1. The number of hydrogen-bond acceptors (Lipinski definition) is 19. The van der Waals surface area contributed by atoms with Gasteiger partial charge in [0, 0.05) is 36.4 Å². The van der Waals surface area contributed by atoms with Gasteiger partial charge in [0.2, 0.25) is 17.7 Å². The summed E-state index contributed by atoms with van der Waals surface area (Å²) in [5, 5.41) is 30.0. The van der Waals surface area contributed by atoms with Crippen molar-refractivity contribution < 1.29 is 67.4 Å². The van der Waals surface area contributed by atoms with Crippen molar-refractivity contribution in [3.05, 3.63) is 71.3 Å². The lowest BCUT2D eigenvalue weighted by molar-refractivity contribution is -0.137. The highest BCUT2D eigenvalue weighted by Gasteiger charge is 2.31. The van der Waals surface area contributed by atoms with Gasteiger partial charge < -0.3 is 66.1 Å². The van der Waals surface area contributed by atoms with Gasteiger partial charge in [-0.1, -0.05) is 71.7 Å². The summed E-state index contributed by atoms with van der Waals surface area (Å²) in [6.45, 7) is 11.4. The highest BCUT2D eigenvalue weighted by Crippen LogP contribution is 2.30. The van der Waals surface area contributed by atoms with E-state index in [2.05, 4.69) is 30.9 Å². The number of benzene rings is 2. The Hall–Kier alpha value is -7.45. The zero-order valence-corrected chi connectivity index (χ0v) is 47.4. The summed E-state index contributed by atoms with van der Waals surface area (Å²) in [5.74, 6) is -2.04. The van der Waals surface area contributed by atoms with Crippen molar-refractivity contribution in [1.82, 2.24) is 40.0 Å². The van der Waals surface area contributed by atoms with Crippen LogP contribution in [0.4, 0.5) is 16.3 Å². The maximum Gasteiger partial charge on any atom is 0.410 e. The Balaban J connectivity index is 1.13. The Morgan fingerprint density at radius 3 is 2.14 bits per heavy atom. The van der Waals surface area contributed by atoms with E-state index in [1.54, 1.807) is 50.2 Å². The first-order chi connectivity index (χ1) is 39.0. The van der Waals surface area contributed by atoms with Crippen molar-refractivity contribution in [3.63, 3.8) is 0 Å². The number of aliphatic hydroxyl groups excluding tert-OH is 1. The highest BCUT2D eigenvalue weighted by molar-refractivity contribution is 6.12. The molecule has 3 heterocycles. The third-order valence-corrected chi connectivity index (χ3v) is 13.5. The van der Waals surface area contributed by atoms with Crippen molar-refractivity contribution in [2.45, 2.75) is 117 Å². The smallest absolute Gasteiger partial charge is 0.410 e. The van der Waals surface area contributed by atoms with Gasteiger partial charge in [-0.2, -0.15) is 15.0 Å². The number of aliphatic hydroxyl groups is 1. The number of carbonyl (C=O) groups is 6. The van der Waals surface area contributed by atoms with E-state index < -0.39 is 41.9 Å². The molecule has 0 spiro atoms. The molecule has 1 aliphatic rings. The molecule has 0 aliphatic carbocycles. The molecule has 81 heavy (non-hydrogen) atoms. The Bertz CT molecular complexity index is 2700. The monoisotopic (exact) mass is 1130 g/mol. The van der Waals surface area contributed by atoms with Gasteiger partial charge in [-0.3, -0.25) is 38.3 Å². The van der Waals surface area contributed by atoms with Crippen LogP contribution in [0.5, 0.6) is 17.8 Å². The number of unbranched alkanes of at least 4 members (excludes halogenated alkanes) is 2. The molecule has 2 aromatic carbocycles. The van der Waals surface area contributed by atoms with Crippen LogP contribution in [0.15, 0.2) is 54.6 Å². The zero-order chi connectivity index (χ0) is 58.8. The highest BCUT2D eigenvalue weighted by atomic mass is 16.6. The number of fused-ring (bicyclic) bond motifs is 1. The lowest BCUT2D eigenvalue weighted by Gasteiger charge is -2.33. The number of nitrogen functional groups attached to an aromatic ring is 1. The first-order valence-corrected chi connectivity index (χ1v) is 27.5. The number of anilines is 2. The number of nitrogens with two attached hydrogens (primary N) is 2. The molecule has 9 N–H and O–H groups in total. The molecular formula is C56H81N11O14. The summed E-state index contributed by atoms with van der Waals surface area (Å²) in [6, 6.07) is 9.35.